The first-order chi connectivity index (χ1) is 4.24. The van der Waals surface area contributed by atoms with Gasteiger partial charge in [-0.15, -0.1) is 0 Å². The summed E-state index contributed by atoms with van der Waals surface area (Å²) in [7, 11) is 0. The van der Waals surface area contributed by atoms with Crippen LogP contribution in [0.5, 0.6) is 0 Å². The minimum absolute atomic E-state index is 0.334. The molecule has 0 aromatic rings. The molecule has 1 N–H and O–H groups in total. The molecule has 52 valence electrons. The van der Waals surface area contributed by atoms with E-state index in [9.17, 15) is 0 Å². The quantitative estimate of drug-likeness (QED) is 0.529. The monoisotopic (exact) mass is 126 g/mol. The van der Waals surface area contributed by atoms with E-state index in [1.165, 1.54) is 5.57 Å². The Labute approximate surface area is 56.4 Å². The van der Waals surface area contributed by atoms with Crippen molar-refractivity contribution in [2.24, 2.45) is 11.8 Å². The fourth-order valence-corrected chi connectivity index (χ4v) is 1.52. The Bertz CT molecular complexity index is 118. The third-order valence-corrected chi connectivity index (χ3v) is 2.20. The summed E-state index contributed by atoms with van der Waals surface area (Å²) >= 11 is 0. The van der Waals surface area contributed by atoms with Gasteiger partial charge < -0.3 is 5.11 Å². The van der Waals surface area contributed by atoms with Gasteiger partial charge >= 0.3 is 0 Å². The van der Waals surface area contributed by atoms with Crippen molar-refractivity contribution in [3.63, 3.8) is 0 Å². The summed E-state index contributed by atoms with van der Waals surface area (Å²) in [5, 5.41) is 8.81. The minimum Gasteiger partial charge on any atom is -0.396 e. The summed E-state index contributed by atoms with van der Waals surface area (Å²) in [4.78, 5) is 0. The van der Waals surface area contributed by atoms with E-state index in [1.807, 2.05) is 0 Å². The van der Waals surface area contributed by atoms with Gasteiger partial charge in [-0.1, -0.05) is 19.1 Å². The molecule has 1 fully saturated rings. The van der Waals surface area contributed by atoms with E-state index in [4.69, 9.17) is 5.11 Å². The second kappa shape index (κ2) is 2.53. The highest BCUT2D eigenvalue weighted by molar-refractivity contribution is 5.04. The number of hydrogen-bond donors (Lipinski definition) is 1. The molecule has 1 aliphatic carbocycles. The van der Waals surface area contributed by atoms with Crippen LogP contribution < -0.4 is 0 Å². The average Bonchev–Trinajstić information content (AvgIpc) is 2.10. The standard InChI is InChI=1S/C8H14O/c1-6-3-7(2)8(4-6)5-9/h7-9H,1,3-5H2,2H3/t7-,8+/m0/s1. The van der Waals surface area contributed by atoms with Crippen LogP contribution in [0.25, 0.3) is 0 Å². The molecule has 0 amide bonds. The van der Waals surface area contributed by atoms with E-state index < -0.39 is 0 Å². The maximum atomic E-state index is 8.81. The Morgan fingerprint density at radius 2 is 2.33 bits per heavy atom. The summed E-state index contributed by atoms with van der Waals surface area (Å²) in [5.41, 5.74) is 1.31. The molecular weight excluding hydrogens is 112 g/mol. The molecule has 1 rings (SSSR count). The van der Waals surface area contributed by atoms with E-state index in [0.717, 1.165) is 12.8 Å². The minimum atomic E-state index is 0.334. The Morgan fingerprint density at radius 1 is 1.67 bits per heavy atom. The Kier molecular flexibility index (Phi) is 1.91. The maximum absolute atomic E-state index is 8.81. The first-order valence-corrected chi connectivity index (χ1v) is 3.51. The molecule has 1 nitrogen and oxygen atoms in total. The predicted octanol–water partition coefficient (Wildman–Crippen LogP) is 1.58. The number of hydrogen-bond acceptors (Lipinski definition) is 1. The molecule has 0 bridgehead atoms. The molecule has 9 heavy (non-hydrogen) atoms. The Balaban J connectivity index is 2.47. The molecule has 1 aliphatic rings. The number of rotatable bonds is 1. The highest BCUT2D eigenvalue weighted by atomic mass is 16.3. The van der Waals surface area contributed by atoms with Crippen molar-refractivity contribution in [1.82, 2.24) is 0 Å². The van der Waals surface area contributed by atoms with E-state index in [1.54, 1.807) is 0 Å². The zero-order chi connectivity index (χ0) is 6.85. The second-order valence-electron chi connectivity index (χ2n) is 3.08. The summed E-state index contributed by atoms with van der Waals surface area (Å²) in [5.74, 6) is 1.15. The van der Waals surface area contributed by atoms with Crippen molar-refractivity contribution in [1.29, 1.82) is 0 Å². The first-order valence-electron chi connectivity index (χ1n) is 3.51. The largest absolute Gasteiger partial charge is 0.396 e. The fourth-order valence-electron chi connectivity index (χ4n) is 1.52. The van der Waals surface area contributed by atoms with Gasteiger partial charge in [-0.2, -0.15) is 0 Å². The smallest absolute Gasteiger partial charge is 0.0464 e. The molecule has 1 saturated carbocycles. The van der Waals surface area contributed by atoms with Crippen LogP contribution in [0.15, 0.2) is 12.2 Å². The van der Waals surface area contributed by atoms with Crippen molar-refractivity contribution in [2.45, 2.75) is 19.8 Å². The van der Waals surface area contributed by atoms with Crippen LogP contribution in [-0.4, -0.2) is 11.7 Å². The van der Waals surface area contributed by atoms with Crippen molar-refractivity contribution < 1.29 is 5.11 Å². The molecular formula is C8H14O. The van der Waals surface area contributed by atoms with E-state index in [0.29, 0.717) is 18.4 Å². The van der Waals surface area contributed by atoms with Gasteiger partial charge in [0.15, 0.2) is 0 Å². The highest BCUT2D eigenvalue weighted by Gasteiger charge is 2.24. The molecule has 0 saturated heterocycles. The van der Waals surface area contributed by atoms with Crippen LogP contribution in [0.1, 0.15) is 19.8 Å². The zero-order valence-electron chi connectivity index (χ0n) is 5.93. The zero-order valence-corrected chi connectivity index (χ0v) is 5.93. The molecule has 0 spiro atoms. The fraction of sp³-hybridized carbons (Fsp3) is 0.750. The van der Waals surface area contributed by atoms with Crippen molar-refractivity contribution in [3.8, 4) is 0 Å². The van der Waals surface area contributed by atoms with Crippen LogP contribution in [-0.2, 0) is 0 Å². The molecule has 0 aliphatic heterocycles. The number of aliphatic hydroxyl groups is 1. The van der Waals surface area contributed by atoms with Crippen LogP contribution in [0.4, 0.5) is 0 Å². The van der Waals surface area contributed by atoms with Gasteiger partial charge in [0.05, 0.1) is 0 Å². The lowest BCUT2D eigenvalue weighted by Crippen LogP contribution is -2.07. The predicted molar refractivity (Wildman–Crippen MR) is 38.1 cm³/mol. The average molecular weight is 126 g/mol. The van der Waals surface area contributed by atoms with Gasteiger partial charge in [0.25, 0.3) is 0 Å². The summed E-state index contributed by atoms with van der Waals surface area (Å²) in [6.07, 6.45) is 2.16. The van der Waals surface area contributed by atoms with E-state index in [-0.39, 0.29) is 0 Å². The highest BCUT2D eigenvalue weighted by Crippen LogP contribution is 2.33. The van der Waals surface area contributed by atoms with Crippen LogP contribution in [0, 0.1) is 11.8 Å². The molecule has 0 aromatic heterocycles. The lowest BCUT2D eigenvalue weighted by molar-refractivity contribution is 0.202. The second-order valence-corrected chi connectivity index (χ2v) is 3.08. The number of aliphatic hydroxyl groups excluding tert-OH is 1. The summed E-state index contributed by atoms with van der Waals surface area (Å²) in [6, 6.07) is 0. The van der Waals surface area contributed by atoms with E-state index in [2.05, 4.69) is 13.5 Å². The van der Waals surface area contributed by atoms with Crippen molar-refractivity contribution in [2.75, 3.05) is 6.61 Å². The van der Waals surface area contributed by atoms with Crippen LogP contribution in [0.2, 0.25) is 0 Å². The molecule has 0 radical (unpaired) electrons. The van der Waals surface area contributed by atoms with Gasteiger partial charge in [0.2, 0.25) is 0 Å². The third-order valence-electron chi connectivity index (χ3n) is 2.20. The van der Waals surface area contributed by atoms with Crippen LogP contribution in [0.3, 0.4) is 0 Å². The lowest BCUT2D eigenvalue weighted by Gasteiger charge is -2.08. The van der Waals surface area contributed by atoms with Crippen LogP contribution >= 0.6 is 0 Å². The van der Waals surface area contributed by atoms with Crippen molar-refractivity contribution in [3.05, 3.63) is 12.2 Å². The van der Waals surface area contributed by atoms with Gasteiger partial charge in [0.1, 0.15) is 0 Å². The van der Waals surface area contributed by atoms with Crippen molar-refractivity contribution >= 4 is 0 Å². The lowest BCUT2D eigenvalue weighted by atomic mass is 10.00. The molecule has 2 atom stereocenters. The summed E-state index contributed by atoms with van der Waals surface area (Å²) < 4.78 is 0. The van der Waals surface area contributed by atoms with E-state index >= 15 is 0 Å². The van der Waals surface area contributed by atoms with Gasteiger partial charge in [-0.3, -0.25) is 0 Å². The normalized spacial score (nSPS) is 35.6. The molecule has 0 aromatic carbocycles. The first kappa shape index (κ1) is 6.81. The van der Waals surface area contributed by atoms with Gasteiger partial charge in [-0.25, -0.2) is 0 Å². The van der Waals surface area contributed by atoms with Gasteiger partial charge in [0, 0.05) is 6.61 Å². The molecule has 0 unspecified atom stereocenters. The Hall–Kier alpha value is -0.300. The molecule has 0 heterocycles. The maximum Gasteiger partial charge on any atom is 0.0464 e. The number of allylic oxidation sites excluding steroid dienone is 1. The third kappa shape index (κ3) is 1.33. The SMILES string of the molecule is C=C1C[C@H](CO)[C@@H](C)C1. The molecule has 1 heteroatoms. The van der Waals surface area contributed by atoms with Gasteiger partial charge in [-0.05, 0) is 24.7 Å². The topological polar surface area (TPSA) is 20.2 Å². The summed E-state index contributed by atoms with van der Waals surface area (Å²) in [6.45, 7) is 6.40. The Morgan fingerprint density at radius 3 is 2.56 bits per heavy atom.